The van der Waals surface area contributed by atoms with Crippen LogP contribution in [0.5, 0.6) is 0 Å². The van der Waals surface area contributed by atoms with Gasteiger partial charge in [0.15, 0.2) is 12.4 Å². The van der Waals surface area contributed by atoms with Gasteiger partial charge in [0.2, 0.25) is 5.91 Å². The highest BCUT2D eigenvalue weighted by Gasteiger charge is 2.47. The molecule has 1 saturated heterocycles. The molecule has 0 aromatic rings. The van der Waals surface area contributed by atoms with Gasteiger partial charge in [-0.05, 0) is 96.3 Å². The van der Waals surface area contributed by atoms with Crippen molar-refractivity contribution in [3.05, 3.63) is 134 Å². The Hall–Kier alpha value is -4.20. The highest BCUT2D eigenvalue weighted by atomic mass is 16.7. The van der Waals surface area contributed by atoms with Crippen LogP contribution >= 0.6 is 0 Å². The highest BCUT2D eigenvalue weighted by molar-refractivity contribution is 5.80. The van der Waals surface area contributed by atoms with Crippen molar-refractivity contribution in [3.63, 3.8) is 0 Å². The topological polar surface area (TPSA) is 175 Å². The molecule has 0 aliphatic carbocycles. The van der Waals surface area contributed by atoms with Crippen molar-refractivity contribution in [2.45, 2.75) is 262 Å². The standard InChI is InChI=1S/C67H109NO10/c1-4-7-10-13-16-19-22-25-26-27-28-29-30-31-32-33-34-35-37-39-42-45-48-51-54-60(71)66(75)68-58(59(70)53-50-47-44-41-38-24-21-18-15-12-9-6-3)57-76-67-65(64(74)63(73)61(56-69)77-67)78-62(72)55-52-49-46-43-40-36-23-20-17-14-11-8-5-2/h7-8,10-11,14,16-17,19-20,23,25-26,28-29,31-32,34-36,40,50,53,58-61,63-65,67,69-71,73-74H,4-6,9,12-13,15,18,21-22,24,27,30,33,37-39,41-49,51-52,54-57H2,1-3H3,(H,68,75)/b10-7-,11-8+,17-14+,19-16-,23-20-,26-25-,29-28-,32-31-,35-34-,40-36-,53-50+. The van der Waals surface area contributed by atoms with Crippen molar-refractivity contribution in [1.82, 2.24) is 5.32 Å². The smallest absolute Gasteiger partial charge is 0.306 e. The van der Waals surface area contributed by atoms with Crippen molar-refractivity contribution in [3.8, 4) is 0 Å². The van der Waals surface area contributed by atoms with Gasteiger partial charge in [0, 0.05) is 6.42 Å². The first-order valence-electron chi connectivity index (χ1n) is 30.5. The number of unbranched alkanes of at least 4 members (excludes halogenated alkanes) is 18. The molecular weight excluding hydrogens is 979 g/mol. The minimum absolute atomic E-state index is 0.0681. The maximum absolute atomic E-state index is 13.4. The van der Waals surface area contributed by atoms with Gasteiger partial charge in [-0.25, -0.2) is 0 Å². The molecule has 1 fully saturated rings. The van der Waals surface area contributed by atoms with Gasteiger partial charge >= 0.3 is 5.97 Å². The molecule has 6 N–H and O–H groups in total. The first-order valence-corrected chi connectivity index (χ1v) is 30.5. The lowest BCUT2D eigenvalue weighted by molar-refractivity contribution is -0.305. The predicted molar refractivity (Wildman–Crippen MR) is 324 cm³/mol. The summed E-state index contributed by atoms with van der Waals surface area (Å²) in [7, 11) is 0. The lowest BCUT2D eigenvalue weighted by Gasteiger charge is -2.41. The molecular formula is C67H109NO10. The van der Waals surface area contributed by atoms with E-state index in [0.717, 1.165) is 122 Å². The van der Waals surface area contributed by atoms with Crippen LogP contribution in [-0.2, 0) is 23.8 Å². The lowest BCUT2D eigenvalue weighted by Crippen LogP contribution is -2.61. The number of nitrogens with one attached hydrogen (secondary N) is 1. The van der Waals surface area contributed by atoms with Crippen LogP contribution in [0.4, 0.5) is 0 Å². The largest absolute Gasteiger partial charge is 0.454 e. The summed E-state index contributed by atoms with van der Waals surface area (Å²) in [6.45, 7) is 5.47. The second-order valence-corrected chi connectivity index (χ2v) is 20.4. The molecule has 8 atom stereocenters. The summed E-state index contributed by atoms with van der Waals surface area (Å²) < 4.78 is 17.5. The van der Waals surface area contributed by atoms with Gasteiger partial charge in [-0.2, -0.15) is 0 Å². The van der Waals surface area contributed by atoms with Crippen molar-refractivity contribution >= 4 is 11.9 Å². The average molecular weight is 1090 g/mol. The molecule has 0 radical (unpaired) electrons. The Kier molecular flexibility index (Phi) is 49.2. The Morgan fingerprint density at radius 1 is 0.526 bits per heavy atom. The van der Waals surface area contributed by atoms with E-state index in [-0.39, 0.29) is 19.4 Å². The van der Waals surface area contributed by atoms with E-state index in [1.54, 1.807) is 6.08 Å². The molecule has 11 heteroatoms. The van der Waals surface area contributed by atoms with Crippen molar-refractivity contribution in [2.75, 3.05) is 13.2 Å². The van der Waals surface area contributed by atoms with Gasteiger partial charge in [-0.3, -0.25) is 9.59 Å². The summed E-state index contributed by atoms with van der Waals surface area (Å²) in [6, 6.07) is -1.05. The molecule has 1 heterocycles. The number of ether oxygens (including phenoxy) is 3. The quantitative estimate of drug-likeness (QED) is 0.0149. The van der Waals surface area contributed by atoms with E-state index in [0.29, 0.717) is 12.8 Å². The molecule has 1 rings (SSSR count). The van der Waals surface area contributed by atoms with E-state index in [1.807, 2.05) is 42.5 Å². The first-order chi connectivity index (χ1) is 38.2. The van der Waals surface area contributed by atoms with E-state index in [9.17, 15) is 35.1 Å². The van der Waals surface area contributed by atoms with E-state index in [2.05, 4.69) is 111 Å². The zero-order valence-corrected chi connectivity index (χ0v) is 48.7. The number of amides is 1. The molecule has 0 aromatic carbocycles. The maximum atomic E-state index is 13.4. The molecule has 442 valence electrons. The molecule has 1 amide bonds. The van der Waals surface area contributed by atoms with Gasteiger partial charge in [0.25, 0.3) is 0 Å². The van der Waals surface area contributed by atoms with Crippen LogP contribution in [-0.4, -0.2) is 99.6 Å². The number of esters is 1. The van der Waals surface area contributed by atoms with Gasteiger partial charge in [0.05, 0.1) is 25.4 Å². The van der Waals surface area contributed by atoms with Crippen molar-refractivity contribution in [1.29, 1.82) is 0 Å². The number of hydrogen-bond acceptors (Lipinski definition) is 10. The van der Waals surface area contributed by atoms with E-state index < -0.39 is 67.4 Å². The third-order valence-corrected chi connectivity index (χ3v) is 13.4. The Balaban J connectivity index is 2.70. The Bertz CT molecular complexity index is 1770. The van der Waals surface area contributed by atoms with Crippen LogP contribution in [0.25, 0.3) is 0 Å². The molecule has 0 spiro atoms. The normalized spacial score (nSPS) is 19.9. The number of aliphatic hydroxyl groups excluding tert-OH is 5. The fourth-order valence-corrected chi connectivity index (χ4v) is 8.60. The molecule has 78 heavy (non-hydrogen) atoms. The Morgan fingerprint density at radius 3 is 1.54 bits per heavy atom. The first kappa shape index (κ1) is 71.8. The van der Waals surface area contributed by atoms with Gasteiger partial charge in [-0.15, -0.1) is 0 Å². The van der Waals surface area contributed by atoms with E-state index in [4.69, 9.17) is 14.2 Å². The summed E-state index contributed by atoms with van der Waals surface area (Å²) in [4.78, 5) is 26.5. The summed E-state index contributed by atoms with van der Waals surface area (Å²) >= 11 is 0. The summed E-state index contributed by atoms with van der Waals surface area (Å²) in [5, 5.41) is 56.9. The molecule has 1 aliphatic rings. The molecule has 8 unspecified atom stereocenters. The molecule has 0 aromatic heterocycles. The van der Waals surface area contributed by atoms with Crippen LogP contribution < -0.4 is 5.32 Å². The maximum Gasteiger partial charge on any atom is 0.306 e. The second-order valence-electron chi connectivity index (χ2n) is 20.4. The van der Waals surface area contributed by atoms with Crippen LogP contribution in [0.2, 0.25) is 0 Å². The second kappa shape index (κ2) is 53.4. The number of rotatable bonds is 49. The average Bonchev–Trinajstić information content (AvgIpc) is 3.45. The lowest BCUT2D eigenvalue weighted by atomic mass is 9.99. The minimum Gasteiger partial charge on any atom is -0.454 e. The number of aliphatic hydroxyl groups is 5. The van der Waals surface area contributed by atoms with Crippen LogP contribution in [0.15, 0.2) is 134 Å². The molecule has 0 bridgehead atoms. The van der Waals surface area contributed by atoms with E-state index in [1.165, 1.54) is 44.9 Å². The molecule has 11 nitrogen and oxygen atoms in total. The minimum atomic E-state index is -1.64. The SMILES string of the molecule is CC/C=C\C/C=C\C/C=C\C/C=C\C/C=C\C/C=C\CCCCCCCC(O)C(=O)NC(COC1OC(CO)C(O)C(O)C1OC(=O)CCCCC\C=C/C=C\C=C\C=C\CC)C(O)/C=C/CCCCCCCCCCCC. The number of allylic oxidation sites excluding steroid dienone is 21. The summed E-state index contributed by atoms with van der Waals surface area (Å²) in [5.41, 5.74) is 0. The third kappa shape index (κ3) is 40.9. The van der Waals surface area contributed by atoms with Crippen LogP contribution in [0, 0.1) is 0 Å². The number of carbonyl (C=O) groups is 2. The zero-order chi connectivity index (χ0) is 56.8. The van der Waals surface area contributed by atoms with Crippen molar-refractivity contribution in [2.24, 2.45) is 0 Å². The summed E-state index contributed by atoms with van der Waals surface area (Å²) in [5.74, 6) is -1.26. The third-order valence-electron chi connectivity index (χ3n) is 13.4. The highest BCUT2D eigenvalue weighted by Crippen LogP contribution is 2.26. The fraction of sp³-hybridized carbons (Fsp3) is 0.642. The van der Waals surface area contributed by atoms with Gasteiger partial charge in [-0.1, -0.05) is 244 Å². The van der Waals surface area contributed by atoms with Gasteiger partial charge < -0.3 is 45.1 Å². The fourth-order valence-electron chi connectivity index (χ4n) is 8.60. The Labute approximate surface area is 473 Å². The van der Waals surface area contributed by atoms with E-state index >= 15 is 0 Å². The predicted octanol–water partition coefficient (Wildman–Crippen LogP) is 14.4. The van der Waals surface area contributed by atoms with Crippen LogP contribution in [0.1, 0.15) is 213 Å². The zero-order valence-electron chi connectivity index (χ0n) is 48.7. The van der Waals surface area contributed by atoms with Crippen LogP contribution in [0.3, 0.4) is 0 Å². The Morgan fingerprint density at radius 2 is 0.987 bits per heavy atom. The van der Waals surface area contributed by atoms with Gasteiger partial charge in [0.1, 0.15) is 24.4 Å². The van der Waals surface area contributed by atoms with Crippen molar-refractivity contribution < 1.29 is 49.3 Å². The summed E-state index contributed by atoms with van der Waals surface area (Å²) in [6.07, 6.45) is 64.9. The molecule has 0 saturated carbocycles. The number of carbonyl (C=O) groups excluding carboxylic acids is 2. The molecule has 1 aliphatic heterocycles. The number of hydrogen-bond donors (Lipinski definition) is 6. The monoisotopic (exact) mass is 1090 g/mol.